The van der Waals surface area contributed by atoms with E-state index in [1.807, 2.05) is 27.7 Å². The lowest BCUT2D eigenvalue weighted by Crippen LogP contribution is -2.61. The van der Waals surface area contributed by atoms with Crippen molar-refractivity contribution in [1.29, 1.82) is 0 Å². The summed E-state index contributed by atoms with van der Waals surface area (Å²) in [5.41, 5.74) is 6.07. The van der Waals surface area contributed by atoms with Crippen LogP contribution in [0.15, 0.2) is 0 Å². The zero-order valence-corrected chi connectivity index (χ0v) is 45.7. The summed E-state index contributed by atoms with van der Waals surface area (Å²) >= 11 is 0. The minimum absolute atomic E-state index is 0.0606. The van der Waals surface area contributed by atoms with E-state index in [-0.39, 0.29) is 68.2 Å². The third kappa shape index (κ3) is 23.1. The fourth-order valence-electron chi connectivity index (χ4n) is 8.34. The predicted molar refractivity (Wildman–Crippen MR) is 273 cm³/mol. The molecule has 24 heteroatoms. The molecule has 1 fully saturated rings. The quantitative estimate of drug-likeness (QED) is 0.0410. The summed E-state index contributed by atoms with van der Waals surface area (Å²) in [7, 11) is 0. The van der Waals surface area contributed by atoms with E-state index < -0.39 is 144 Å². The third-order valence-electron chi connectivity index (χ3n) is 12.0. The summed E-state index contributed by atoms with van der Waals surface area (Å²) in [5, 5.41) is 49.5. The Kier molecular flexibility index (Phi) is 28.4. The molecule has 10 atom stereocenters. The van der Waals surface area contributed by atoms with Gasteiger partial charge < -0.3 is 68.5 Å². The molecule has 1 aliphatic heterocycles. The summed E-state index contributed by atoms with van der Waals surface area (Å²) < 4.78 is 0. The molecular weight excluding hydrogens is 965 g/mol. The van der Waals surface area contributed by atoms with Crippen LogP contribution in [0.5, 0.6) is 0 Å². The van der Waals surface area contributed by atoms with Gasteiger partial charge in [-0.3, -0.25) is 47.9 Å². The molecule has 0 saturated carbocycles. The smallest absolute Gasteiger partial charge is 0.326 e. The van der Waals surface area contributed by atoms with Crippen LogP contribution in [0.2, 0.25) is 0 Å². The number of carboxylic acids is 2. The monoisotopic (exact) mass is 1050 g/mol. The van der Waals surface area contributed by atoms with E-state index in [0.717, 1.165) is 0 Å². The Bertz CT molecular complexity index is 1950. The molecule has 24 nitrogen and oxygen atoms in total. The number of aliphatic hydroxyl groups excluding tert-OH is 1. The second kappa shape index (κ2) is 31.7. The van der Waals surface area contributed by atoms with Gasteiger partial charge in [-0.15, -0.1) is 0 Å². The molecular formula is C50H88N10O14. The molecule has 0 aromatic carbocycles. The van der Waals surface area contributed by atoms with Crippen molar-refractivity contribution in [2.24, 2.45) is 41.2 Å². The van der Waals surface area contributed by atoms with E-state index in [1.165, 1.54) is 11.8 Å². The summed E-state index contributed by atoms with van der Waals surface area (Å²) in [6.07, 6.45) is 0.463. The number of likely N-dealkylation sites (tertiary alicyclic amines) is 1. The van der Waals surface area contributed by atoms with Crippen LogP contribution in [-0.2, 0) is 52.7 Å². The van der Waals surface area contributed by atoms with Gasteiger partial charge in [0, 0.05) is 6.54 Å². The highest BCUT2D eigenvalue weighted by Crippen LogP contribution is 2.20. The number of aliphatic carboxylic acids is 2. The Labute approximate surface area is 435 Å². The number of carbonyl (C=O) groups excluding carboxylic acids is 9. The predicted octanol–water partition coefficient (Wildman–Crippen LogP) is -0.359. The van der Waals surface area contributed by atoms with Gasteiger partial charge in [0.15, 0.2) is 0 Å². The van der Waals surface area contributed by atoms with Crippen LogP contribution in [0, 0.1) is 35.5 Å². The molecule has 0 radical (unpaired) electrons. The van der Waals surface area contributed by atoms with Gasteiger partial charge in [-0.2, -0.15) is 0 Å². The fraction of sp³-hybridized carbons (Fsp3) is 0.780. The zero-order chi connectivity index (χ0) is 56.9. The normalized spacial score (nSPS) is 17.3. The van der Waals surface area contributed by atoms with Crippen LogP contribution >= 0.6 is 0 Å². The van der Waals surface area contributed by atoms with Crippen molar-refractivity contribution >= 4 is 65.1 Å². The number of rotatable bonds is 32. The average Bonchev–Trinajstić information content (AvgIpc) is 3.77. The topological polar surface area (TPSA) is 374 Å². The molecule has 1 heterocycles. The average molecular weight is 1050 g/mol. The van der Waals surface area contributed by atoms with E-state index in [9.17, 15) is 68.1 Å². The van der Waals surface area contributed by atoms with Crippen LogP contribution in [-0.4, -0.2) is 159 Å². The van der Waals surface area contributed by atoms with E-state index in [4.69, 9.17) is 5.73 Å². The maximum Gasteiger partial charge on any atom is 0.326 e. The standard InChI is InChI=1S/C50H88N10O14/c1-24(2)17-31(51)41(64)53-32(18-25(3)4)42(65)54-33(19-26(5)6)43(66)55-35(22-39(62)63)45(68)59-40(29(11)12)48(71)52-30(13)49(72)60-16-14-15-38(60)47(70)56-34(20-27(7)8)44(67)58-37(23-61)46(69)57-36(50(73)74)21-28(9)10/h24-38,40,61H,14-23,51H2,1-13H3,(H,52,71)(H,53,64)(H,54,65)(H,55,66)(H,56,70)(H,57,69)(H,58,67)(H,59,68)(H,62,63)(H,73,74)/t30-,31-,32-,33-,34-,35-,36-,37-,38-,40-/m0/s1. The van der Waals surface area contributed by atoms with Crippen LogP contribution in [0.4, 0.5) is 0 Å². The molecule has 0 bridgehead atoms. The largest absolute Gasteiger partial charge is 0.481 e. The van der Waals surface area contributed by atoms with Gasteiger partial charge in [0.05, 0.1) is 19.1 Å². The molecule has 1 aliphatic rings. The Balaban J connectivity index is 3.24. The highest BCUT2D eigenvalue weighted by atomic mass is 16.4. The lowest BCUT2D eigenvalue weighted by atomic mass is 9.98. The molecule has 13 N–H and O–H groups in total. The van der Waals surface area contributed by atoms with Crippen molar-refractivity contribution < 1.29 is 68.1 Å². The highest BCUT2D eigenvalue weighted by molar-refractivity contribution is 5.99. The Morgan fingerprint density at radius 1 is 0.486 bits per heavy atom. The van der Waals surface area contributed by atoms with Gasteiger partial charge >= 0.3 is 11.9 Å². The van der Waals surface area contributed by atoms with Crippen LogP contribution in [0.3, 0.4) is 0 Å². The van der Waals surface area contributed by atoms with E-state index in [1.54, 1.807) is 55.4 Å². The van der Waals surface area contributed by atoms with Crippen molar-refractivity contribution in [2.75, 3.05) is 13.2 Å². The number of hydrogen-bond acceptors (Lipinski definition) is 13. The number of nitrogens with one attached hydrogen (secondary N) is 8. The van der Waals surface area contributed by atoms with Crippen molar-refractivity contribution in [2.45, 2.75) is 202 Å². The second-order valence-electron chi connectivity index (χ2n) is 21.9. The van der Waals surface area contributed by atoms with Gasteiger partial charge in [-0.1, -0.05) is 83.1 Å². The molecule has 0 aliphatic carbocycles. The molecule has 74 heavy (non-hydrogen) atoms. The van der Waals surface area contributed by atoms with Gasteiger partial charge in [-0.05, 0) is 87.4 Å². The number of carboxylic acid groups (broad SMARTS) is 2. The van der Waals surface area contributed by atoms with Crippen molar-refractivity contribution in [3.05, 3.63) is 0 Å². The van der Waals surface area contributed by atoms with Crippen molar-refractivity contribution in [3.8, 4) is 0 Å². The molecule has 422 valence electrons. The van der Waals surface area contributed by atoms with Gasteiger partial charge in [0.1, 0.15) is 54.4 Å². The second-order valence-corrected chi connectivity index (χ2v) is 21.9. The molecule has 0 aromatic heterocycles. The first kappa shape index (κ1) is 66.1. The molecule has 1 rings (SSSR count). The van der Waals surface area contributed by atoms with Crippen molar-refractivity contribution in [3.63, 3.8) is 0 Å². The summed E-state index contributed by atoms with van der Waals surface area (Å²) in [6.45, 7) is 21.9. The maximum absolute atomic E-state index is 13.9. The Hall–Kier alpha value is -5.91. The SMILES string of the molecule is CC(C)C[C@H](NC(=O)[C@H](CO)NC(=O)[C@H](CC(C)C)NC(=O)[C@@H]1CCCN1C(=O)[C@H](C)NC(=O)[C@@H](NC(=O)[C@H](CC(=O)O)NC(=O)[C@H](CC(C)C)NC(=O)[C@H](CC(C)C)NC(=O)[C@@H](N)CC(C)C)C(C)C)C(=O)O. The molecule has 0 aromatic rings. The number of aliphatic hydroxyl groups is 1. The molecule has 0 unspecified atom stereocenters. The first-order valence-corrected chi connectivity index (χ1v) is 25.8. The number of amides is 9. The summed E-state index contributed by atoms with van der Waals surface area (Å²) in [6, 6.07) is -12.8. The summed E-state index contributed by atoms with van der Waals surface area (Å²) in [4.78, 5) is 147. The van der Waals surface area contributed by atoms with Crippen LogP contribution < -0.4 is 48.3 Å². The lowest BCUT2D eigenvalue weighted by molar-refractivity contribution is -0.143. The molecule has 9 amide bonds. The maximum atomic E-state index is 13.9. The van der Waals surface area contributed by atoms with Gasteiger partial charge in [0.2, 0.25) is 53.2 Å². The van der Waals surface area contributed by atoms with E-state index >= 15 is 0 Å². The third-order valence-corrected chi connectivity index (χ3v) is 12.0. The summed E-state index contributed by atoms with van der Waals surface area (Å²) in [5.74, 6) is -11.0. The number of nitrogens with zero attached hydrogens (tertiary/aromatic N) is 1. The zero-order valence-electron chi connectivity index (χ0n) is 45.7. The Morgan fingerprint density at radius 2 is 0.878 bits per heavy atom. The lowest BCUT2D eigenvalue weighted by Gasteiger charge is -2.31. The first-order valence-electron chi connectivity index (χ1n) is 25.8. The van der Waals surface area contributed by atoms with Gasteiger partial charge in [0.25, 0.3) is 0 Å². The minimum atomic E-state index is -1.74. The number of nitrogens with two attached hydrogens (primary N) is 1. The molecule has 1 saturated heterocycles. The fourth-order valence-corrected chi connectivity index (χ4v) is 8.34. The van der Waals surface area contributed by atoms with Crippen LogP contribution in [0.1, 0.15) is 141 Å². The first-order chi connectivity index (χ1) is 34.3. The number of hydrogen-bond donors (Lipinski definition) is 12. The minimum Gasteiger partial charge on any atom is -0.481 e. The van der Waals surface area contributed by atoms with Crippen LogP contribution in [0.25, 0.3) is 0 Å². The highest BCUT2D eigenvalue weighted by Gasteiger charge is 2.40. The Morgan fingerprint density at radius 3 is 1.31 bits per heavy atom. The van der Waals surface area contributed by atoms with E-state index in [0.29, 0.717) is 12.8 Å². The van der Waals surface area contributed by atoms with E-state index in [2.05, 4.69) is 42.5 Å². The number of carbonyl (C=O) groups is 11. The van der Waals surface area contributed by atoms with Gasteiger partial charge in [-0.25, -0.2) is 4.79 Å². The molecule has 0 spiro atoms. The van der Waals surface area contributed by atoms with Crippen molar-refractivity contribution in [1.82, 2.24) is 47.4 Å².